The minimum atomic E-state index is -0.0585. The normalized spacial score (nSPS) is 11.0. The largest absolute Gasteiger partial charge is 0.483 e. The third kappa shape index (κ3) is 7.25. The average molecular weight is 375 g/mol. The summed E-state index contributed by atoms with van der Waals surface area (Å²) in [5.74, 6) is 0.687. The minimum Gasteiger partial charge on any atom is -0.483 e. The molecule has 1 N–H and O–H groups in total. The highest BCUT2D eigenvalue weighted by molar-refractivity contribution is 5.87. The number of carbonyl (C=O) groups is 1. The number of benzene rings is 1. The lowest BCUT2D eigenvalue weighted by Gasteiger charge is -2.09. The van der Waals surface area contributed by atoms with Gasteiger partial charge in [-0.3, -0.25) is 4.79 Å². The zero-order valence-corrected chi connectivity index (χ0v) is 16.8. The van der Waals surface area contributed by atoms with Crippen molar-refractivity contribution in [3.63, 3.8) is 0 Å². The lowest BCUT2D eigenvalue weighted by Crippen LogP contribution is -2.29. The van der Waals surface area contributed by atoms with Gasteiger partial charge in [-0.05, 0) is 24.6 Å². The molecule has 0 bridgehead atoms. The van der Waals surface area contributed by atoms with E-state index in [-0.39, 0.29) is 12.5 Å². The van der Waals surface area contributed by atoms with Gasteiger partial charge < -0.3 is 19.4 Å². The Morgan fingerprint density at radius 1 is 1.07 bits per heavy atom. The first-order chi connectivity index (χ1) is 13.3. The van der Waals surface area contributed by atoms with E-state index in [0.717, 1.165) is 36.2 Å². The zero-order valence-electron chi connectivity index (χ0n) is 16.8. The molecular formula is C22H34N2O3. The van der Waals surface area contributed by atoms with E-state index in [1.165, 1.54) is 38.5 Å². The van der Waals surface area contributed by atoms with Crippen LogP contribution in [0.25, 0.3) is 10.9 Å². The number of ether oxygens (including phenoxy) is 2. The molecule has 1 aromatic carbocycles. The van der Waals surface area contributed by atoms with Gasteiger partial charge in [0.2, 0.25) is 0 Å². The van der Waals surface area contributed by atoms with Crippen molar-refractivity contribution in [2.45, 2.75) is 58.4 Å². The number of unbranched alkanes of at least 4 members (excludes halogenated alkanes) is 6. The Balaban J connectivity index is 1.70. The molecule has 0 saturated heterocycles. The maximum Gasteiger partial charge on any atom is 0.257 e. The fourth-order valence-corrected chi connectivity index (χ4v) is 3.21. The Bertz CT molecular complexity index is 681. The number of hydrogen-bond donors (Lipinski definition) is 1. The molecule has 0 atom stereocenters. The highest BCUT2D eigenvalue weighted by Crippen LogP contribution is 2.26. The number of methoxy groups -OCH3 is 1. The van der Waals surface area contributed by atoms with Crippen LogP contribution < -0.4 is 10.1 Å². The summed E-state index contributed by atoms with van der Waals surface area (Å²) in [5, 5.41) is 3.97. The third-order valence-corrected chi connectivity index (χ3v) is 4.77. The second kappa shape index (κ2) is 12.4. The number of amides is 1. The lowest BCUT2D eigenvalue weighted by atomic mass is 10.1. The first-order valence-corrected chi connectivity index (χ1v) is 10.2. The van der Waals surface area contributed by atoms with Gasteiger partial charge in [0.25, 0.3) is 5.91 Å². The number of aromatic nitrogens is 1. The third-order valence-electron chi connectivity index (χ3n) is 4.77. The molecule has 5 heteroatoms. The van der Waals surface area contributed by atoms with E-state index >= 15 is 0 Å². The summed E-state index contributed by atoms with van der Waals surface area (Å²) in [6.45, 7) is 4.47. The van der Waals surface area contributed by atoms with Crippen LogP contribution in [-0.4, -0.2) is 37.3 Å². The molecule has 0 fully saturated rings. The molecule has 0 radical (unpaired) electrons. The Morgan fingerprint density at radius 3 is 2.63 bits per heavy atom. The Kier molecular flexibility index (Phi) is 9.77. The van der Waals surface area contributed by atoms with E-state index in [2.05, 4.69) is 22.9 Å². The number of fused-ring (bicyclic) bond motifs is 1. The van der Waals surface area contributed by atoms with E-state index in [1.807, 2.05) is 24.4 Å². The van der Waals surface area contributed by atoms with Crippen molar-refractivity contribution in [1.82, 2.24) is 9.88 Å². The van der Waals surface area contributed by atoms with Gasteiger partial charge in [0, 0.05) is 31.8 Å². The smallest absolute Gasteiger partial charge is 0.257 e. The molecule has 0 aliphatic heterocycles. The van der Waals surface area contributed by atoms with Crippen LogP contribution in [0.2, 0.25) is 0 Å². The van der Waals surface area contributed by atoms with Gasteiger partial charge in [-0.2, -0.15) is 0 Å². The maximum atomic E-state index is 12.0. The van der Waals surface area contributed by atoms with Crippen LogP contribution in [0.3, 0.4) is 0 Å². The summed E-state index contributed by atoms with van der Waals surface area (Å²) in [6, 6.07) is 7.94. The molecular weight excluding hydrogens is 340 g/mol. The SMILES string of the molecule is CCCCCCCCCNC(=O)COc1cccc2c1ccn2CCOC. The summed E-state index contributed by atoms with van der Waals surface area (Å²) in [4.78, 5) is 12.0. The molecule has 0 aliphatic rings. The van der Waals surface area contributed by atoms with Gasteiger partial charge in [-0.25, -0.2) is 0 Å². The molecule has 1 aromatic heterocycles. The molecule has 5 nitrogen and oxygen atoms in total. The summed E-state index contributed by atoms with van der Waals surface area (Å²) in [7, 11) is 1.70. The molecule has 1 heterocycles. The molecule has 150 valence electrons. The van der Waals surface area contributed by atoms with Crippen molar-refractivity contribution < 1.29 is 14.3 Å². The number of nitrogens with one attached hydrogen (secondary N) is 1. The fraction of sp³-hybridized carbons (Fsp3) is 0.591. The number of nitrogens with zero attached hydrogens (tertiary/aromatic N) is 1. The van der Waals surface area contributed by atoms with Crippen molar-refractivity contribution in [2.24, 2.45) is 0 Å². The number of rotatable bonds is 14. The number of carbonyl (C=O) groups excluding carboxylic acids is 1. The van der Waals surface area contributed by atoms with Crippen LogP contribution in [0.4, 0.5) is 0 Å². The Hall–Kier alpha value is -2.01. The standard InChI is InChI=1S/C22H34N2O3/c1-3-4-5-6-7-8-9-14-23-22(25)18-27-21-12-10-11-20-19(21)13-15-24(20)16-17-26-2/h10-13,15H,3-9,14,16-18H2,1-2H3,(H,23,25). The molecule has 2 aromatic rings. The maximum absolute atomic E-state index is 12.0. The van der Waals surface area contributed by atoms with Crippen LogP contribution in [0.1, 0.15) is 51.9 Å². The average Bonchev–Trinajstić information content (AvgIpc) is 3.10. The quantitative estimate of drug-likeness (QED) is 0.494. The number of hydrogen-bond acceptors (Lipinski definition) is 3. The Labute approximate surface area is 163 Å². The van der Waals surface area contributed by atoms with Crippen molar-refractivity contribution in [3.8, 4) is 5.75 Å². The molecule has 1 amide bonds. The van der Waals surface area contributed by atoms with E-state index in [1.54, 1.807) is 7.11 Å². The minimum absolute atomic E-state index is 0.0544. The van der Waals surface area contributed by atoms with Crippen molar-refractivity contribution in [1.29, 1.82) is 0 Å². The summed E-state index contributed by atoms with van der Waals surface area (Å²) >= 11 is 0. The van der Waals surface area contributed by atoms with E-state index in [9.17, 15) is 4.79 Å². The predicted octanol–water partition coefficient (Wildman–Crippen LogP) is 4.53. The van der Waals surface area contributed by atoms with Crippen LogP contribution in [0, 0.1) is 0 Å². The highest BCUT2D eigenvalue weighted by atomic mass is 16.5. The fourth-order valence-electron chi connectivity index (χ4n) is 3.21. The topological polar surface area (TPSA) is 52.5 Å². The zero-order chi connectivity index (χ0) is 19.3. The highest BCUT2D eigenvalue weighted by Gasteiger charge is 2.08. The van der Waals surface area contributed by atoms with Crippen LogP contribution in [0.5, 0.6) is 5.75 Å². The molecule has 0 spiro atoms. The van der Waals surface area contributed by atoms with Crippen molar-refractivity contribution in [3.05, 3.63) is 30.5 Å². The van der Waals surface area contributed by atoms with E-state index in [0.29, 0.717) is 6.61 Å². The second-order valence-electron chi connectivity index (χ2n) is 6.95. The lowest BCUT2D eigenvalue weighted by molar-refractivity contribution is -0.123. The van der Waals surface area contributed by atoms with Crippen molar-refractivity contribution >= 4 is 16.8 Å². The van der Waals surface area contributed by atoms with Crippen LogP contribution >= 0.6 is 0 Å². The van der Waals surface area contributed by atoms with Crippen molar-refractivity contribution in [2.75, 3.05) is 26.9 Å². The van der Waals surface area contributed by atoms with Gasteiger partial charge >= 0.3 is 0 Å². The first kappa shape index (κ1) is 21.3. The van der Waals surface area contributed by atoms with Gasteiger partial charge in [-0.15, -0.1) is 0 Å². The molecule has 2 rings (SSSR count). The summed E-state index contributed by atoms with van der Waals surface area (Å²) in [5.41, 5.74) is 1.09. The molecule has 27 heavy (non-hydrogen) atoms. The van der Waals surface area contributed by atoms with Gasteiger partial charge in [0.1, 0.15) is 5.75 Å². The van der Waals surface area contributed by atoms with E-state index in [4.69, 9.17) is 9.47 Å². The van der Waals surface area contributed by atoms with Gasteiger partial charge in [0.15, 0.2) is 6.61 Å². The molecule has 0 unspecified atom stereocenters. The Morgan fingerprint density at radius 2 is 1.85 bits per heavy atom. The second-order valence-corrected chi connectivity index (χ2v) is 6.95. The first-order valence-electron chi connectivity index (χ1n) is 10.2. The summed E-state index contributed by atoms with van der Waals surface area (Å²) in [6.07, 6.45) is 10.7. The molecule has 0 aliphatic carbocycles. The van der Waals surface area contributed by atoms with Gasteiger partial charge in [-0.1, -0.05) is 51.5 Å². The molecule has 0 saturated carbocycles. The monoisotopic (exact) mass is 374 g/mol. The predicted molar refractivity (Wildman–Crippen MR) is 110 cm³/mol. The summed E-state index contributed by atoms with van der Waals surface area (Å²) < 4.78 is 13.0. The van der Waals surface area contributed by atoms with Gasteiger partial charge in [0.05, 0.1) is 12.1 Å². The van der Waals surface area contributed by atoms with Crippen LogP contribution in [0.15, 0.2) is 30.5 Å². The van der Waals surface area contributed by atoms with Crippen LogP contribution in [-0.2, 0) is 16.1 Å². The van der Waals surface area contributed by atoms with E-state index < -0.39 is 0 Å².